The number of H-pyrrole nitrogens is 1. The minimum absolute atomic E-state index is 0.0568. The Hall–Kier alpha value is -3.96. The van der Waals surface area contributed by atoms with Crippen molar-refractivity contribution in [1.82, 2.24) is 24.7 Å². The first-order valence-corrected chi connectivity index (χ1v) is 9.31. The molecule has 3 rings (SSSR count). The molecule has 12 nitrogen and oxygen atoms in total. The molecule has 0 saturated heterocycles. The third kappa shape index (κ3) is 4.97. The van der Waals surface area contributed by atoms with Crippen molar-refractivity contribution in [3.05, 3.63) is 39.6 Å². The molecule has 0 bridgehead atoms. The second-order valence-electron chi connectivity index (χ2n) is 5.84. The second-order valence-corrected chi connectivity index (χ2v) is 5.84. The van der Waals surface area contributed by atoms with Gasteiger partial charge in [-0.25, -0.2) is 19.6 Å². The largest absolute Gasteiger partial charge is 0.496 e. The predicted molar refractivity (Wildman–Crippen MR) is 111 cm³/mol. The molecule has 0 aromatic carbocycles. The van der Waals surface area contributed by atoms with Gasteiger partial charge in [0, 0.05) is 17.8 Å². The van der Waals surface area contributed by atoms with Crippen molar-refractivity contribution in [3.8, 4) is 5.75 Å². The Morgan fingerprint density at radius 2 is 1.90 bits per heavy atom. The number of nitrogens with one attached hydrogen (secondary N) is 2. The van der Waals surface area contributed by atoms with Crippen molar-refractivity contribution in [1.29, 1.82) is 0 Å². The van der Waals surface area contributed by atoms with E-state index < -0.39 is 17.6 Å². The minimum Gasteiger partial charge on any atom is -0.496 e. The van der Waals surface area contributed by atoms with Gasteiger partial charge in [0.2, 0.25) is 5.95 Å². The number of nitrogens with zero attached hydrogens (tertiary/aromatic N) is 4. The van der Waals surface area contributed by atoms with Crippen LogP contribution >= 0.6 is 0 Å². The lowest BCUT2D eigenvalue weighted by atomic mass is 10.2. The van der Waals surface area contributed by atoms with E-state index in [-0.39, 0.29) is 23.7 Å². The molecular weight excluding hydrogens is 408 g/mol. The van der Waals surface area contributed by atoms with Crippen LogP contribution in [0.1, 0.15) is 35.6 Å². The van der Waals surface area contributed by atoms with Gasteiger partial charge in [0.15, 0.2) is 11.2 Å². The van der Waals surface area contributed by atoms with Crippen LogP contribution in [-0.4, -0.2) is 58.1 Å². The fourth-order valence-corrected chi connectivity index (χ4v) is 2.71. The number of anilines is 1. The number of amides is 1. The predicted octanol–water partition coefficient (Wildman–Crippen LogP) is 1.87. The molecule has 1 amide bonds. The van der Waals surface area contributed by atoms with E-state index >= 15 is 0 Å². The summed E-state index contributed by atoms with van der Waals surface area (Å²) < 4.78 is 15.9. The fraction of sp³-hybridized carbons (Fsp3) is 0.368. The van der Waals surface area contributed by atoms with Crippen LogP contribution in [0.3, 0.4) is 0 Å². The smallest absolute Gasteiger partial charge is 0.413 e. The van der Waals surface area contributed by atoms with E-state index in [2.05, 4.69) is 34.8 Å². The normalized spacial score (nSPS) is 10.1. The molecule has 0 unspecified atom stereocenters. The molecule has 0 aliphatic heterocycles. The zero-order chi connectivity index (χ0) is 23.1. The number of methoxy groups -OCH3 is 3. The molecule has 0 aliphatic carbocycles. The Morgan fingerprint density at radius 1 is 1.19 bits per heavy atom. The van der Waals surface area contributed by atoms with Gasteiger partial charge in [-0.3, -0.25) is 19.8 Å². The third-order valence-corrected chi connectivity index (χ3v) is 4.05. The summed E-state index contributed by atoms with van der Waals surface area (Å²) in [7, 11) is 3.90. The molecule has 0 atom stereocenters. The minimum atomic E-state index is -0.765. The van der Waals surface area contributed by atoms with Crippen LogP contribution in [0.4, 0.5) is 10.7 Å². The molecule has 0 fully saturated rings. The number of hydrogen-bond acceptors (Lipinski definition) is 9. The lowest BCUT2D eigenvalue weighted by Crippen LogP contribution is -2.19. The number of aromatic nitrogens is 5. The molecule has 3 aromatic rings. The lowest BCUT2D eigenvalue weighted by Gasteiger charge is -2.10. The molecule has 2 N–H and O–H groups in total. The molecular formula is C19H24N6O6. The summed E-state index contributed by atoms with van der Waals surface area (Å²) in [6, 6.07) is 1.45. The Labute approximate surface area is 177 Å². The van der Waals surface area contributed by atoms with Gasteiger partial charge in [0.05, 0.1) is 33.6 Å². The van der Waals surface area contributed by atoms with E-state index in [9.17, 15) is 14.4 Å². The van der Waals surface area contributed by atoms with Gasteiger partial charge in [-0.2, -0.15) is 5.10 Å². The van der Waals surface area contributed by atoms with Gasteiger partial charge in [-0.15, -0.1) is 0 Å². The van der Waals surface area contributed by atoms with Crippen LogP contribution in [0.2, 0.25) is 0 Å². The summed E-state index contributed by atoms with van der Waals surface area (Å²) >= 11 is 0. The Morgan fingerprint density at radius 3 is 2.52 bits per heavy atom. The molecule has 0 aliphatic rings. The Bertz CT molecular complexity index is 1150. The number of carbonyl (C=O) groups is 2. The van der Waals surface area contributed by atoms with Gasteiger partial charge in [-0.05, 0) is 6.92 Å². The second kappa shape index (κ2) is 10.2. The molecule has 0 saturated carbocycles. The van der Waals surface area contributed by atoms with E-state index in [1.54, 1.807) is 6.92 Å². The average molecular weight is 432 g/mol. The molecule has 3 heterocycles. The van der Waals surface area contributed by atoms with E-state index in [0.29, 0.717) is 22.5 Å². The zero-order valence-electron chi connectivity index (χ0n) is 18.1. The number of pyridine rings is 1. The number of rotatable bonds is 5. The van der Waals surface area contributed by atoms with Crippen LogP contribution in [-0.2, 0) is 16.0 Å². The first-order valence-electron chi connectivity index (χ1n) is 9.31. The lowest BCUT2D eigenvalue weighted by molar-refractivity contribution is 0.0593. The fourth-order valence-electron chi connectivity index (χ4n) is 2.71. The van der Waals surface area contributed by atoms with Gasteiger partial charge in [0.1, 0.15) is 11.3 Å². The monoisotopic (exact) mass is 432 g/mol. The van der Waals surface area contributed by atoms with E-state index in [1.165, 1.54) is 38.3 Å². The van der Waals surface area contributed by atoms with Crippen molar-refractivity contribution < 1.29 is 23.8 Å². The highest BCUT2D eigenvalue weighted by molar-refractivity contribution is 5.87. The van der Waals surface area contributed by atoms with Crippen LogP contribution in [0.15, 0.2) is 17.1 Å². The van der Waals surface area contributed by atoms with Crippen molar-refractivity contribution in [2.75, 3.05) is 26.6 Å². The third-order valence-electron chi connectivity index (χ3n) is 4.05. The van der Waals surface area contributed by atoms with Crippen LogP contribution in [0, 0.1) is 6.92 Å². The Balaban J connectivity index is 0.00000166. The van der Waals surface area contributed by atoms with Crippen LogP contribution in [0.25, 0.3) is 11.0 Å². The van der Waals surface area contributed by atoms with E-state index in [4.69, 9.17) is 4.74 Å². The molecule has 0 radical (unpaired) electrons. The van der Waals surface area contributed by atoms with Crippen molar-refractivity contribution in [3.63, 3.8) is 0 Å². The maximum absolute atomic E-state index is 12.6. The first-order chi connectivity index (χ1) is 14.9. The standard InChI is InChI=1S/C17H18N6O6.C2H6/c1-8-12-13(14(24)20-16(19-12)21-17(26)29-4)23(22-8)7-9-6-18-10(15(25)28-3)5-11(9)27-2;1-2/h5-6H,7H2,1-4H3,(H2,19,20,21,24,26);1-2H3. The molecule has 166 valence electrons. The summed E-state index contributed by atoms with van der Waals surface area (Å²) in [6.45, 7) is 5.82. The average Bonchev–Trinajstić information content (AvgIpc) is 3.10. The maximum atomic E-state index is 12.6. The van der Waals surface area contributed by atoms with Crippen molar-refractivity contribution in [2.45, 2.75) is 27.3 Å². The van der Waals surface area contributed by atoms with Gasteiger partial charge in [0.25, 0.3) is 5.56 Å². The first kappa shape index (κ1) is 23.3. The number of carbonyl (C=O) groups excluding carboxylic acids is 2. The summed E-state index contributed by atoms with van der Waals surface area (Å²) in [5.41, 5.74) is 1.18. The van der Waals surface area contributed by atoms with Gasteiger partial charge >= 0.3 is 12.1 Å². The molecule has 0 spiro atoms. The summed E-state index contributed by atoms with van der Waals surface area (Å²) in [5, 5.41) is 6.66. The van der Waals surface area contributed by atoms with Crippen molar-refractivity contribution in [2.24, 2.45) is 0 Å². The summed E-state index contributed by atoms with van der Waals surface area (Å²) in [4.78, 5) is 46.3. The highest BCUT2D eigenvalue weighted by Gasteiger charge is 2.18. The maximum Gasteiger partial charge on any atom is 0.413 e. The number of esters is 1. The highest BCUT2D eigenvalue weighted by Crippen LogP contribution is 2.22. The Kier molecular flexibility index (Phi) is 7.66. The zero-order valence-corrected chi connectivity index (χ0v) is 18.1. The van der Waals surface area contributed by atoms with Gasteiger partial charge in [-0.1, -0.05) is 13.8 Å². The quantitative estimate of drug-likeness (QED) is 0.576. The molecule has 12 heteroatoms. The SMILES string of the molecule is CC.COC(=O)Nc1nc2c(C)nn(Cc3cnc(C(=O)OC)cc3OC)c2c(=O)[nH]1. The van der Waals surface area contributed by atoms with Crippen molar-refractivity contribution >= 4 is 29.0 Å². The van der Waals surface area contributed by atoms with E-state index in [0.717, 1.165) is 0 Å². The van der Waals surface area contributed by atoms with Crippen LogP contribution < -0.4 is 15.6 Å². The van der Waals surface area contributed by atoms with Gasteiger partial charge < -0.3 is 14.2 Å². The topological polar surface area (TPSA) is 150 Å². The molecule has 31 heavy (non-hydrogen) atoms. The number of fused-ring (bicyclic) bond motifs is 1. The number of aromatic amines is 1. The number of aryl methyl sites for hydroxylation is 1. The van der Waals surface area contributed by atoms with Crippen LogP contribution in [0.5, 0.6) is 5.75 Å². The van der Waals surface area contributed by atoms with E-state index in [1.807, 2.05) is 13.8 Å². The highest BCUT2D eigenvalue weighted by atomic mass is 16.5. The summed E-state index contributed by atoms with van der Waals surface area (Å²) in [5.74, 6) is -0.268. The molecule has 3 aromatic heterocycles. The summed E-state index contributed by atoms with van der Waals surface area (Å²) in [6.07, 6.45) is 0.682. The number of hydrogen-bond donors (Lipinski definition) is 2. The number of ether oxygens (including phenoxy) is 3.